The van der Waals surface area contributed by atoms with E-state index in [1.165, 1.54) is 0 Å². The van der Waals surface area contributed by atoms with Crippen LogP contribution in [0.15, 0.2) is 24.3 Å². The first-order chi connectivity index (χ1) is 9.56. The predicted molar refractivity (Wildman–Crippen MR) is 77.9 cm³/mol. The molecule has 4 nitrogen and oxygen atoms in total. The molecule has 1 aromatic rings. The number of likely N-dealkylation sites (tertiary alicyclic amines) is 1. The highest BCUT2D eigenvalue weighted by Gasteiger charge is 2.25. The van der Waals surface area contributed by atoms with Crippen LogP contribution in [0.5, 0.6) is 5.75 Å². The third-order valence-electron chi connectivity index (χ3n) is 3.52. The number of aliphatic hydroxyl groups excluding tert-OH is 1. The molecule has 1 aliphatic heterocycles. The second kappa shape index (κ2) is 6.75. The quantitative estimate of drug-likeness (QED) is 0.898. The Morgan fingerprint density at radius 3 is 2.65 bits per heavy atom. The Kier molecular flexibility index (Phi) is 5.01. The molecule has 0 saturated carbocycles. The minimum atomic E-state index is -0.377. The molecule has 4 heteroatoms. The molecule has 1 aromatic carbocycles. The van der Waals surface area contributed by atoms with Crippen molar-refractivity contribution >= 4 is 5.91 Å². The van der Waals surface area contributed by atoms with E-state index in [2.05, 4.69) is 13.8 Å². The van der Waals surface area contributed by atoms with Crippen LogP contribution in [0.4, 0.5) is 0 Å². The maximum Gasteiger partial charge on any atom is 0.253 e. The van der Waals surface area contributed by atoms with Gasteiger partial charge in [0.2, 0.25) is 0 Å². The van der Waals surface area contributed by atoms with Gasteiger partial charge in [0.1, 0.15) is 5.75 Å². The number of amides is 1. The summed E-state index contributed by atoms with van der Waals surface area (Å²) in [6.45, 7) is 6.09. The van der Waals surface area contributed by atoms with Crippen LogP contribution in [0, 0.1) is 5.92 Å². The molecule has 0 bridgehead atoms. The molecule has 0 unspecified atom stereocenters. The van der Waals surface area contributed by atoms with E-state index in [0.717, 1.165) is 12.2 Å². The number of nitrogens with zero attached hydrogens (tertiary/aromatic N) is 1. The van der Waals surface area contributed by atoms with Gasteiger partial charge in [-0.25, -0.2) is 0 Å². The van der Waals surface area contributed by atoms with Crippen molar-refractivity contribution < 1.29 is 14.6 Å². The zero-order chi connectivity index (χ0) is 14.5. The van der Waals surface area contributed by atoms with E-state index in [-0.39, 0.29) is 12.0 Å². The summed E-state index contributed by atoms with van der Waals surface area (Å²) in [6.07, 6.45) is 1.31. The Morgan fingerprint density at radius 1 is 1.40 bits per heavy atom. The van der Waals surface area contributed by atoms with Crippen molar-refractivity contribution in [2.45, 2.75) is 32.8 Å². The molecule has 1 amide bonds. The highest BCUT2D eigenvalue weighted by molar-refractivity contribution is 5.94. The summed E-state index contributed by atoms with van der Waals surface area (Å²) < 4.78 is 5.63. The lowest BCUT2D eigenvalue weighted by atomic mass is 10.1. The number of carbonyl (C=O) groups excluding carboxylic acids is 1. The number of aliphatic hydroxyl groups is 1. The second-order valence-corrected chi connectivity index (χ2v) is 5.75. The molecule has 1 fully saturated rings. The summed E-state index contributed by atoms with van der Waals surface area (Å²) in [5.74, 6) is 1.40. The van der Waals surface area contributed by atoms with E-state index in [0.29, 0.717) is 37.6 Å². The zero-order valence-electron chi connectivity index (χ0n) is 12.2. The van der Waals surface area contributed by atoms with Gasteiger partial charge in [0.25, 0.3) is 5.91 Å². The maximum atomic E-state index is 12.2. The van der Waals surface area contributed by atoms with Crippen molar-refractivity contribution in [2.24, 2.45) is 5.92 Å². The van der Waals surface area contributed by atoms with Crippen molar-refractivity contribution in [1.82, 2.24) is 4.90 Å². The van der Waals surface area contributed by atoms with E-state index in [1.807, 2.05) is 12.1 Å². The molecular weight excluding hydrogens is 254 g/mol. The SMILES string of the molecule is CC(C)CCOc1ccc(C(=O)N2CC[C@H](O)C2)cc1. The fourth-order valence-electron chi connectivity index (χ4n) is 2.22. The van der Waals surface area contributed by atoms with Gasteiger partial charge in [0.15, 0.2) is 0 Å². The highest BCUT2D eigenvalue weighted by Crippen LogP contribution is 2.17. The standard InChI is InChI=1S/C16H23NO3/c1-12(2)8-10-20-15-5-3-13(4-6-15)16(19)17-9-7-14(18)11-17/h3-6,12,14,18H,7-11H2,1-2H3/t14-/m0/s1. The Morgan fingerprint density at radius 2 is 2.10 bits per heavy atom. The lowest BCUT2D eigenvalue weighted by molar-refractivity contribution is 0.0765. The predicted octanol–water partition coefficient (Wildman–Crippen LogP) is 2.32. The van der Waals surface area contributed by atoms with E-state index >= 15 is 0 Å². The number of rotatable bonds is 5. The van der Waals surface area contributed by atoms with Crippen LogP contribution < -0.4 is 4.74 Å². The molecule has 1 saturated heterocycles. The molecule has 0 aromatic heterocycles. The van der Waals surface area contributed by atoms with E-state index in [9.17, 15) is 9.90 Å². The molecular formula is C16H23NO3. The number of β-amino-alcohol motifs (C(OH)–C–C–N with tert-alkyl or cyclic N) is 1. The van der Waals surface area contributed by atoms with Gasteiger partial charge in [0, 0.05) is 18.7 Å². The molecule has 0 aliphatic carbocycles. The van der Waals surface area contributed by atoms with E-state index < -0.39 is 0 Å². The molecule has 1 heterocycles. The maximum absolute atomic E-state index is 12.2. The number of benzene rings is 1. The third kappa shape index (κ3) is 3.97. The van der Waals surface area contributed by atoms with Gasteiger partial charge >= 0.3 is 0 Å². The fourth-order valence-corrected chi connectivity index (χ4v) is 2.22. The van der Waals surface area contributed by atoms with Crippen LogP contribution in [0.25, 0.3) is 0 Å². The smallest absolute Gasteiger partial charge is 0.253 e. The third-order valence-corrected chi connectivity index (χ3v) is 3.52. The summed E-state index contributed by atoms with van der Waals surface area (Å²) in [6, 6.07) is 7.25. The van der Waals surface area contributed by atoms with E-state index in [1.54, 1.807) is 17.0 Å². The van der Waals surface area contributed by atoms with Gasteiger partial charge in [-0.15, -0.1) is 0 Å². The van der Waals surface area contributed by atoms with Gasteiger partial charge in [-0.3, -0.25) is 4.79 Å². The molecule has 1 atom stereocenters. The average molecular weight is 277 g/mol. The van der Waals surface area contributed by atoms with Crippen LogP contribution in [0.3, 0.4) is 0 Å². The molecule has 20 heavy (non-hydrogen) atoms. The Balaban J connectivity index is 1.89. The van der Waals surface area contributed by atoms with Gasteiger partial charge in [0.05, 0.1) is 12.7 Å². The van der Waals surface area contributed by atoms with Crippen molar-refractivity contribution in [1.29, 1.82) is 0 Å². The first kappa shape index (κ1) is 14.9. The average Bonchev–Trinajstić information content (AvgIpc) is 2.85. The number of hydrogen-bond donors (Lipinski definition) is 1. The second-order valence-electron chi connectivity index (χ2n) is 5.75. The zero-order valence-corrected chi connectivity index (χ0v) is 12.2. The minimum absolute atomic E-state index is 0.0183. The molecule has 1 N–H and O–H groups in total. The molecule has 110 valence electrons. The van der Waals surface area contributed by atoms with E-state index in [4.69, 9.17) is 4.74 Å². The Hall–Kier alpha value is -1.55. The summed E-state index contributed by atoms with van der Waals surface area (Å²) in [7, 11) is 0. The van der Waals surface area contributed by atoms with Gasteiger partial charge in [-0.1, -0.05) is 13.8 Å². The highest BCUT2D eigenvalue weighted by atomic mass is 16.5. The molecule has 1 aliphatic rings. The van der Waals surface area contributed by atoms with Gasteiger partial charge < -0.3 is 14.7 Å². The molecule has 0 spiro atoms. The summed E-state index contributed by atoms with van der Waals surface area (Å²) in [5.41, 5.74) is 0.648. The lowest BCUT2D eigenvalue weighted by Gasteiger charge is -2.15. The first-order valence-corrected chi connectivity index (χ1v) is 7.26. The monoisotopic (exact) mass is 277 g/mol. The van der Waals surface area contributed by atoms with Gasteiger partial charge in [-0.05, 0) is 43.0 Å². The summed E-state index contributed by atoms with van der Waals surface area (Å²) in [5, 5.41) is 9.47. The Bertz CT molecular complexity index is 442. The largest absolute Gasteiger partial charge is 0.494 e. The number of ether oxygens (including phenoxy) is 1. The molecule has 0 radical (unpaired) electrons. The van der Waals surface area contributed by atoms with Crippen LogP contribution in [-0.2, 0) is 0 Å². The van der Waals surface area contributed by atoms with Crippen LogP contribution in [0.1, 0.15) is 37.0 Å². The normalized spacial score (nSPS) is 18.6. The van der Waals surface area contributed by atoms with Crippen LogP contribution >= 0.6 is 0 Å². The van der Waals surface area contributed by atoms with Crippen molar-refractivity contribution in [3.05, 3.63) is 29.8 Å². The van der Waals surface area contributed by atoms with Crippen LogP contribution in [-0.4, -0.2) is 41.7 Å². The number of carbonyl (C=O) groups is 1. The van der Waals surface area contributed by atoms with Gasteiger partial charge in [-0.2, -0.15) is 0 Å². The van der Waals surface area contributed by atoms with Crippen molar-refractivity contribution in [3.63, 3.8) is 0 Å². The first-order valence-electron chi connectivity index (χ1n) is 7.26. The van der Waals surface area contributed by atoms with Crippen molar-refractivity contribution in [3.8, 4) is 5.75 Å². The summed E-state index contributed by atoms with van der Waals surface area (Å²) >= 11 is 0. The minimum Gasteiger partial charge on any atom is -0.494 e. The summed E-state index contributed by atoms with van der Waals surface area (Å²) in [4.78, 5) is 13.9. The number of hydrogen-bond acceptors (Lipinski definition) is 3. The molecule has 2 rings (SSSR count). The van der Waals surface area contributed by atoms with Crippen LogP contribution in [0.2, 0.25) is 0 Å². The topological polar surface area (TPSA) is 49.8 Å². The Labute approximate surface area is 120 Å². The fraction of sp³-hybridized carbons (Fsp3) is 0.562. The lowest BCUT2D eigenvalue weighted by Crippen LogP contribution is -2.29. The van der Waals surface area contributed by atoms with Crippen molar-refractivity contribution in [2.75, 3.05) is 19.7 Å².